The lowest BCUT2D eigenvalue weighted by atomic mass is 10.2. The Balaban J connectivity index is 0.000000238. The zero-order valence-electron chi connectivity index (χ0n) is 12.7. The minimum atomic E-state index is 0.736. The Kier molecular flexibility index (Phi) is 9.01. The van der Waals surface area contributed by atoms with E-state index in [4.69, 9.17) is 4.74 Å². The van der Waals surface area contributed by atoms with Crippen LogP contribution >= 0.6 is 15.9 Å². The Morgan fingerprint density at radius 3 is 2.17 bits per heavy atom. The average Bonchev–Trinajstić information content (AvgIpc) is 2.59. The number of carbonyl (C=O) groups is 2. The molecule has 4 heteroatoms. The van der Waals surface area contributed by atoms with E-state index in [1.807, 2.05) is 48.5 Å². The number of carbonyl (C=O) groups excluding carboxylic acids is 2. The molecule has 0 aliphatic heterocycles. The number of methoxy groups -OCH3 is 1. The largest absolute Gasteiger partial charge is 0.496 e. The van der Waals surface area contributed by atoms with Gasteiger partial charge in [0.2, 0.25) is 0 Å². The molecule has 23 heavy (non-hydrogen) atoms. The minimum Gasteiger partial charge on any atom is -0.496 e. The number of ether oxygens (including phenoxy) is 1. The Hall–Kier alpha value is -2.46. The fourth-order valence-corrected chi connectivity index (χ4v) is 2.07. The molecule has 0 aliphatic carbocycles. The molecule has 2 aromatic rings. The summed E-state index contributed by atoms with van der Waals surface area (Å²) in [6.45, 7) is 0. The number of rotatable bonds is 5. The smallest absolute Gasteiger partial charge is 0.142 e. The predicted octanol–water partition coefficient (Wildman–Crippen LogP) is 4.57. The van der Waals surface area contributed by atoms with Crippen molar-refractivity contribution in [2.24, 2.45) is 0 Å². The summed E-state index contributed by atoms with van der Waals surface area (Å²) in [5.74, 6) is 0.751. The van der Waals surface area contributed by atoms with Gasteiger partial charge in [0.05, 0.1) is 7.11 Å². The van der Waals surface area contributed by atoms with Crippen molar-refractivity contribution in [1.29, 1.82) is 0 Å². The number of aldehydes is 2. The average molecular weight is 373 g/mol. The van der Waals surface area contributed by atoms with E-state index in [1.54, 1.807) is 19.3 Å². The zero-order chi connectivity index (χ0) is 16.9. The van der Waals surface area contributed by atoms with Gasteiger partial charge in [-0.15, -0.1) is 0 Å². The van der Waals surface area contributed by atoms with E-state index in [-0.39, 0.29) is 0 Å². The van der Waals surface area contributed by atoms with E-state index in [1.165, 1.54) is 12.2 Å². The van der Waals surface area contributed by atoms with Gasteiger partial charge in [-0.25, -0.2) is 0 Å². The van der Waals surface area contributed by atoms with Gasteiger partial charge in [0.1, 0.15) is 18.3 Å². The van der Waals surface area contributed by atoms with Crippen LogP contribution in [0.4, 0.5) is 0 Å². The van der Waals surface area contributed by atoms with E-state index in [9.17, 15) is 9.59 Å². The van der Waals surface area contributed by atoms with Crippen LogP contribution in [0.1, 0.15) is 11.1 Å². The maximum absolute atomic E-state index is 10.1. The number of hydrogen-bond acceptors (Lipinski definition) is 3. The summed E-state index contributed by atoms with van der Waals surface area (Å²) in [4.78, 5) is 20.0. The molecule has 2 rings (SSSR count). The molecule has 118 valence electrons. The van der Waals surface area contributed by atoms with Crippen LogP contribution in [0.5, 0.6) is 5.75 Å². The fourth-order valence-electron chi connectivity index (χ4n) is 1.69. The first-order valence-electron chi connectivity index (χ1n) is 6.83. The van der Waals surface area contributed by atoms with Crippen molar-refractivity contribution in [3.63, 3.8) is 0 Å². The summed E-state index contributed by atoms with van der Waals surface area (Å²) in [5, 5.41) is 0. The van der Waals surface area contributed by atoms with Gasteiger partial charge in [0, 0.05) is 10.0 Å². The highest BCUT2D eigenvalue weighted by molar-refractivity contribution is 9.10. The van der Waals surface area contributed by atoms with E-state index in [0.717, 1.165) is 33.9 Å². The van der Waals surface area contributed by atoms with Crippen molar-refractivity contribution < 1.29 is 14.3 Å². The van der Waals surface area contributed by atoms with E-state index >= 15 is 0 Å². The molecule has 2 aromatic carbocycles. The topological polar surface area (TPSA) is 43.4 Å². The van der Waals surface area contributed by atoms with Gasteiger partial charge in [-0.3, -0.25) is 9.59 Å². The predicted molar refractivity (Wildman–Crippen MR) is 97.3 cm³/mol. The molecule has 0 fully saturated rings. The van der Waals surface area contributed by atoms with Gasteiger partial charge < -0.3 is 4.74 Å². The van der Waals surface area contributed by atoms with Crippen LogP contribution < -0.4 is 4.74 Å². The number of hydrogen-bond donors (Lipinski definition) is 0. The van der Waals surface area contributed by atoms with Gasteiger partial charge >= 0.3 is 0 Å². The highest BCUT2D eigenvalue weighted by atomic mass is 79.9. The Morgan fingerprint density at radius 1 is 0.913 bits per heavy atom. The van der Waals surface area contributed by atoms with E-state index in [0.29, 0.717) is 0 Å². The maximum atomic E-state index is 10.1. The third-order valence-electron chi connectivity index (χ3n) is 2.71. The SMILES string of the molecule is COc1ccc(Br)cc1/C=C/C=O.O=C/C=C/c1ccccc1. The number of benzene rings is 2. The van der Waals surface area contributed by atoms with Crippen LogP contribution in [0.25, 0.3) is 12.2 Å². The molecule has 0 spiro atoms. The Labute approximate surface area is 144 Å². The molecule has 0 atom stereocenters. The lowest BCUT2D eigenvalue weighted by Crippen LogP contribution is -1.86. The van der Waals surface area contributed by atoms with E-state index < -0.39 is 0 Å². The normalized spacial score (nSPS) is 10.2. The highest BCUT2D eigenvalue weighted by Gasteiger charge is 1.98. The summed E-state index contributed by atoms with van der Waals surface area (Å²) >= 11 is 3.34. The third kappa shape index (κ3) is 7.38. The highest BCUT2D eigenvalue weighted by Crippen LogP contribution is 2.23. The molecular formula is C19H17BrO3. The van der Waals surface area contributed by atoms with Crippen molar-refractivity contribution in [2.45, 2.75) is 0 Å². The van der Waals surface area contributed by atoms with Crippen molar-refractivity contribution in [3.05, 3.63) is 76.3 Å². The van der Waals surface area contributed by atoms with E-state index in [2.05, 4.69) is 15.9 Å². The quantitative estimate of drug-likeness (QED) is 0.570. The molecule has 0 amide bonds. The van der Waals surface area contributed by atoms with Crippen molar-refractivity contribution in [2.75, 3.05) is 7.11 Å². The standard InChI is InChI=1S/C10H9BrO2.C9H8O/c1-13-10-5-4-9(11)7-8(10)3-2-6-12;10-8-4-7-9-5-2-1-3-6-9/h2-7H,1H3;1-8H/b3-2+;7-4+. The molecule has 3 nitrogen and oxygen atoms in total. The second-order valence-corrected chi connectivity index (χ2v) is 5.20. The molecular weight excluding hydrogens is 356 g/mol. The van der Waals surface area contributed by atoms with Crippen molar-refractivity contribution in [3.8, 4) is 5.75 Å². The minimum absolute atomic E-state index is 0.736. The van der Waals surface area contributed by atoms with Gasteiger partial charge in [0.25, 0.3) is 0 Å². The van der Waals surface area contributed by atoms with Crippen LogP contribution in [0.3, 0.4) is 0 Å². The first kappa shape index (κ1) is 18.6. The van der Waals surface area contributed by atoms with Crippen LogP contribution in [-0.4, -0.2) is 19.7 Å². The fraction of sp³-hybridized carbons (Fsp3) is 0.0526. The maximum Gasteiger partial charge on any atom is 0.142 e. The van der Waals surface area contributed by atoms with Crippen LogP contribution in [0, 0.1) is 0 Å². The van der Waals surface area contributed by atoms with Gasteiger partial charge in [-0.05, 0) is 42.0 Å². The monoisotopic (exact) mass is 372 g/mol. The van der Waals surface area contributed by atoms with Crippen molar-refractivity contribution >= 4 is 40.7 Å². The molecule has 0 saturated carbocycles. The molecule has 0 aliphatic rings. The summed E-state index contributed by atoms with van der Waals surface area (Å²) in [6.07, 6.45) is 7.90. The molecule has 0 heterocycles. The molecule has 0 bridgehead atoms. The van der Waals surface area contributed by atoms with Crippen LogP contribution in [0.2, 0.25) is 0 Å². The van der Waals surface area contributed by atoms with Gasteiger partial charge in [0.15, 0.2) is 0 Å². The molecule has 0 unspecified atom stereocenters. The van der Waals surface area contributed by atoms with Crippen LogP contribution in [0.15, 0.2) is 65.2 Å². The van der Waals surface area contributed by atoms with Crippen LogP contribution in [-0.2, 0) is 9.59 Å². The second-order valence-electron chi connectivity index (χ2n) is 4.29. The molecule has 0 aromatic heterocycles. The van der Waals surface area contributed by atoms with Gasteiger partial charge in [-0.2, -0.15) is 0 Å². The number of allylic oxidation sites excluding steroid dienone is 2. The van der Waals surface area contributed by atoms with Gasteiger partial charge in [-0.1, -0.05) is 52.3 Å². The Bertz CT molecular complexity index is 676. The third-order valence-corrected chi connectivity index (χ3v) is 3.21. The number of halogens is 1. The lowest BCUT2D eigenvalue weighted by Gasteiger charge is -2.03. The first-order valence-corrected chi connectivity index (χ1v) is 7.63. The summed E-state index contributed by atoms with van der Waals surface area (Å²) in [6, 6.07) is 15.3. The lowest BCUT2D eigenvalue weighted by molar-refractivity contribution is -0.104. The first-order chi connectivity index (χ1) is 11.2. The Morgan fingerprint density at radius 2 is 1.57 bits per heavy atom. The molecule has 0 saturated heterocycles. The molecule has 0 N–H and O–H groups in total. The zero-order valence-corrected chi connectivity index (χ0v) is 14.3. The summed E-state index contributed by atoms with van der Waals surface area (Å²) in [7, 11) is 1.60. The summed E-state index contributed by atoms with van der Waals surface area (Å²) in [5.41, 5.74) is 1.93. The summed E-state index contributed by atoms with van der Waals surface area (Å²) < 4.78 is 6.07. The van der Waals surface area contributed by atoms with Crippen molar-refractivity contribution in [1.82, 2.24) is 0 Å². The second kappa shape index (κ2) is 11.2. The molecule has 0 radical (unpaired) electrons.